The molecule has 0 aliphatic carbocycles. The molecule has 9 rings (SSSR count). The first-order valence-corrected chi connectivity index (χ1v) is 13.7. The van der Waals surface area contributed by atoms with Crippen LogP contribution in [0.1, 0.15) is 15.1 Å². The van der Waals surface area contributed by atoms with Crippen molar-refractivity contribution in [3.63, 3.8) is 0 Å². The second-order valence-corrected chi connectivity index (χ2v) is 10.5. The van der Waals surface area contributed by atoms with Crippen LogP contribution in [0.4, 0.5) is 0 Å². The lowest BCUT2D eigenvalue weighted by Crippen LogP contribution is -1.87. The van der Waals surface area contributed by atoms with Gasteiger partial charge in [0.25, 0.3) is 0 Å². The van der Waals surface area contributed by atoms with Gasteiger partial charge in [0.05, 0.1) is 15.1 Å². The van der Waals surface area contributed by atoms with E-state index in [1.807, 2.05) is 30.3 Å². The Morgan fingerprint density at radius 3 is 1.95 bits per heavy atom. The Balaban J connectivity index is 1.31. The average molecular weight is 542 g/mol. The Labute approximate surface area is 259 Å². The fourth-order valence-electron chi connectivity index (χ4n) is 6.11. The number of rotatable bonds is 2. The fraction of sp³-hybridized carbons (Fsp3) is 0. The Kier molecular flexibility index (Phi) is 3.22. The maximum absolute atomic E-state index is 9.29. The molecule has 0 amide bonds. The van der Waals surface area contributed by atoms with Crippen LogP contribution in [0.25, 0.3) is 86.9 Å². The minimum absolute atomic E-state index is 0.000515. The van der Waals surface area contributed by atoms with Crippen molar-refractivity contribution in [3.8, 4) is 22.3 Å². The molecule has 0 fully saturated rings. The lowest BCUT2D eigenvalue weighted by molar-refractivity contribution is 1.64. The van der Waals surface area contributed by atoms with Gasteiger partial charge in [-0.15, -0.1) is 0 Å². The third-order valence-electron chi connectivity index (χ3n) is 8.15. The SMILES string of the molecule is [2H]c1c([2H])c([2H])c2c([2H])c3c(c([2H])c([2H])c4c([2H])c([2H])c([2H])c([2H])c43)c(-c3ccc(-c4ccc5cc6c(ccc7ccccc76)cc5c4)cc3)c2c1[2H]. The van der Waals surface area contributed by atoms with Gasteiger partial charge in [0.1, 0.15) is 0 Å². The summed E-state index contributed by atoms with van der Waals surface area (Å²) in [5.74, 6) is 0. The van der Waals surface area contributed by atoms with Crippen LogP contribution >= 0.6 is 0 Å². The van der Waals surface area contributed by atoms with Crippen LogP contribution in [-0.2, 0) is 0 Å². The van der Waals surface area contributed by atoms with Gasteiger partial charge in [-0.05, 0) is 111 Å². The van der Waals surface area contributed by atoms with E-state index >= 15 is 0 Å². The lowest BCUT2D eigenvalue weighted by Gasteiger charge is -2.14. The predicted molar refractivity (Wildman–Crippen MR) is 182 cm³/mol. The molecule has 9 aromatic carbocycles. The fourth-order valence-corrected chi connectivity index (χ4v) is 6.11. The first-order chi connectivity index (χ1) is 25.4. The van der Waals surface area contributed by atoms with Crippen molar-refractivity contribution < 1.29 is 15.1 Å². The standard InChI is InChI=1S/C42H26/c1-4-10-36-28(7-1)15-20-34-24-35-23-31(18-19-32(35)25-40(34)36)27-13-16-30(17-14-27)42-38-12-6-3-9-33(38)26-41-37-11-5-2-8-29(37)21-22-39(41)42/h1-26H/i2D,3D,5D,6D,8D,9D,11D,12D,21D,22D,26D. The van der Waals surface area contributed by atoms with Gasteiger partial charge in [-0.2, -0.15) is 0 Å². The predicted octanol–water partition coefficient (Wildman–Crippen LogP) is 11.9. The van der Waals surface area contributed by atoms with Crippen LogP contribution in [0.3, 0.4) is 0 Å². The summed E-state index contributed by atoms with van der Waals surface area (Å²) in [6.07, 6.45) is 0. The van der Waals surface area contributed by atoms with Gasteiger partial charge < -0.3 is 0 Å². The highest BCUT2D eigenvalue weighted by molar-refractivity contribution is 6.20. The van der Waals surface area contributed by atoms with E-state index in [1.165, 1.54) is 16.2 Å². The summed E-state index contributed by atoms with van der Waals surface area (Å²) >= 11 is 0. The van der Waals surface area contributed by atoms with Gasteiger partial charge in [0, 0.05) is 0 Å². The molecule has 0 spiro atoms. The number of fused-ring (bicyclic) bond motifs is 8. The van der Waals surface area contributed by atoms with E-state index < -0.39 is 66.5 Å². The summed E-state index contributed by atoms with van der Waals surface area (Å²) in [5, 5.41) is 6.27. The van der Waals surface area contributed by atoms with E-state index in [4.69, 9.17) is 12.3 Å². The minimum Gasteiger partial charge on any atom is -0.0616 e. The summed E-state index contributed by atoms with van der Waals surface area (Å²) < 4.78 is 96.2. The molecule has 9 aromatic rings. The second kappa shape index (κ2) is 9.03. The van der Waals surface area contributed by atoms with E-state index in [2.05, 4.69) is 48.5 Å². The quantitative estimate of drug-likeness (QED) is 0.151. The third-order valence-corrected chi connectivity index (χ3v) is 8.15. The Morgan fingerprint density at radius 1 is 0.333 bits per heavy atom. The van der Waals surface area contributed by atoms with Crippen LogP contribution in [-0.4, -0.2) is 0 Å². The van der Waals surface area contributed by atoms with E-state index in [1.54, 1.807) is 12.1 Å². The smallest absolute Gasteiger partial charge is 0.0616 e. The van der Waals surface area contributed by atoms with Crippen molar-refractivity contribution in [2.24, 2.45) is 0 Å². The van der Waals surface area contributed by atoms with Gasteiger partial charge in [0.2, 0.25) is 0 Å². The van der Waals surface area contributed by atoms with Gasteiger partial charge in [-0.25, -0.2) is 0 Å². The summed E-state index contributed by atoms with van der Waals surface area (Å²) in [4.78, 5) is 0. The van der Waals surface area contributed by atoms with Gasteiger partial charge in [0.15, 0.2) is 0 Å². The van der Waals surface area contributed by atoms with Crippen molar-refractivity contribution in [1.82, 2.24) is 0 Å². The highest BCUT2D eigenvalue weighted by Crippen LogP contribution is 2.40. The molecule has 42 heavy (non-hydrogen) atoms. The van der Waals surface area contributed by atoms with Crippen molar-refractivity contribution in [2.45, 2.75) is 0 Å². The molecule has 0 nitrogen and oxygen atoms in total. The van der Waals surface area contributed by atoms with E-state index in [0.717, 1.165) is 27.3 Å². The zero-order chi connectivity index (χ0) is 37.2. The largest absolute Gasteiger partial charge is 0.0636 e. The molecule has 0 aliphatic rings. The summed E-state index contributed by atoms with van der Waals surface area (Å²) in [5.41, 5.74) is 2.46. The van der Waals surface area contributed by atoms with E-state index in [-0.39, 0.29) is 37.9 Å². The molecule has 0 aromatic heterocycles. The average Bonchev–Trinajstić information content (AvgIpc) is 3.17. The highest BCUT2D eigenvalue weighted by Gasteiger charge is 2.13. The van der Waals surface area contributed by atoms with Crippen molar-refractivity contribution >= 4 is 64.6 Å². The molecule has 0 N–H and O–H groups in total. The van der Waals surface area contributed by atoms with Crippen LogP contribution in [0.2, 0.25) is 0 Å². The lowest BCUT2D eigenvalue weighted by atomic mass is 9.89. The van der Waals surface area contributed by atoms with E-state index in [9.17, 15) is 2.74 Å². The zero-order valence-electron chi connectivity index (χ0n) is 33.2. The summed E-state index contributed by atoms with van der Waals surface area (Å²) in [6, 6.07) is 25.1. The molecule has 0 heteroatoms. The highest BCUT2D eigenvalue weighted by atomic mass is 14.2. The third kappa shape index (κ3) is 3.56. The second-order valence-electron chi connectivity index (χ2n) is 10.5. The van der Waals surface area contributed by atoms with Gasteiger partial charge in [-0.3, -0.25) is 0 Å². The first kappa shape index (κ1) is 15.0. The summed E-state index contributed by atoms with van der Waals surface area (Å²) in [7, 11) is 0. The Hall–Kier alpha value is -5.46. The molecule has 0 saturated carbocycles. The maximum Gasteiger partial charge on any atom is 0.0636 e. The Morgan fingerprint density at radius 2 is 1.05 bits per heavy atom. The molecular weight excluding hydrogens is 504 g/mol. The summed E-state index contributed by atoms with van der Waals surface area (Å²) in [6.45, 7) is 0. The van der Waals surface area contributed by atoms with Crippen LogP contribution < -0.4 is 0 Å². The van der Waals surface area contributed by atoms with Crippen LogP contribution in [0.5, 0.6) is 0 Å². The van der Waals surface area contributed by atoms with Crippen molar-refractivity contribution in [2.75, 3.05) is 0 Å². The Bertz CT molecular complexity index is 3110. The molecule has 0 atom stereocenters. The van der Waals surface area contributed by atoms with Crippen LogP contribution in [0, 0.1) is 0 Å². The molecule has 194 valence electrons. The van der Waals surface area contributed by atoms with Crippen molar-refractivity contribution in [3.05, 3.63) is 157 Å². The molecule has 0 heterocycles. The monoisotopic (exact) mass is 541 g/mol. The molecular formula is C42H26. The zero-order valence-corrected chi connectivity index (χ0v) is 22.2. The molecule has 0 unspecified atom stereocenters. The molecule has 0 aliphatic heterocycles. The number of hydrogen-bond donors (Lipinski definition) is 0. The molecule has 0 saturated heterocycles. The van der Waals surface area contributed by atoms with E-state index in [0.29, 0.717) is 5.56 Å². The molecule has 0 bridgehead atoms. The number of hydrogen-bond acceptors (Lipinski definition) is 0. The number of benzene rings is 9. The minimum atomic E-state index is -0.574. The maximum atomic E-state index is 9.29. The van der Waals surface area contributed by atoms with Gasteiger partial charge >= 0.3 is 0 Å². The first-order valence-electron chi connectivity index (χ1n) is 19.2. The van der Waals surface area contributed by atoms with Gasteiger partial charge in [-0.1, -0.05) is 133 Å². The topological polar surface area (TPSA) is 0 Å². The van der Waals surface area contributed by atoms with Crippen molar-refractivity contribution in [1.29, 1.82) is 0 Å². The molecule has 0 radical (unpaired) electrons. The van der Waals surface area contributed by atoms with Crippen LogP contribution in [0.15, 0.2) is 157 Å². The normalized spacial score (nSPS) is 15.5.